The van der Waals surface area contributed by atoms with E-state index in [1.807, 2.05) is 0 Å². The maximum Gasteiger partial charge on any atom is 0.534 e. The van der Waals surface area contributed by atoms with E-state index in [-0.39, 0.29) is 29.8 Å². The molecule has 2 amide bonds. The molecule has 1 aliphatic carbocycles. The van der Waals surface area contributed by atoms with Crippen molar-refractivity contribution < 1.29 is 45.6 Å². The maximum absolute atomic E-state index is 13.9. The zero-order chi connectivity index (χ0) is 27.5. The summed E-state index contributed by atoms with van der Waals surface area (Å²) in [7, 11) is -3.20. The molecule has 2 aromatic rings. The molecule has 0 spiro atoms. The van der Waals surface area contributed by atoms with E-state index in [1.54, 1.807) is 30.3 Å². The second-order valence-electron chi connectivity index (χ2n) is 8.53. The SMILES string of the molecule is CN(C)C(=O)C1=C(C(=O)N(Cc2ccccc2)c2ccccc2OS(=O)(=O)C(F)(F)F)C[C@@H](O)[C@H](O)C1. The van der Waals surface area contributed by atoms with Crippen molar-refractivity contribution in [2.75, 3.05) is 19.0 Å². The number of halogens is 3. The fourth-order valence-electron chi connectivity index (χ4n) is 3.75. The largest absolute Gasteiger partial charge is 0.534 e. The van der Waals surface area contributed by atoms with Crippen LogP contribution in [0.15, 0.2) is 65.7 Å². The Labute approximate surface area is 211 Å². The summed E-state index contributed by atoms with van der Waals surface area (Å²) in [6, 6.07) is 13.1. The number of aliphatic hydroxyl groups excluding tert-OH is 2. The minimum absolute atomic E-state index is 0.0767. The van der Waals surface area contributed by atoms with Gasteiger partial charge in [-0.15, -0.1) is 0 Å². The van der Waals surface area contributed by atoms with Crippen LogP contribution < -0.4 is 9.08 Å². The summed E-state index contributed by atoms with van der Waals surface area (Å²) < 4.78 is 67.0. The Morgan fingerprint density at radius 3 is 1.97 bits per heavy atom. The molecule has 0 aromatic heterocycles. The highest BCUT2D eigenvalue weighted by atomic mass is 32.2. The van der Waals surface area contributed by atoms with Crippen LogP contribution in [-0.2, 0) is 26.3 Å². The van der Waals surface area contributed by atoms with E-state index in [2.05, 4.69) is 4.18 Å². The molecule has 0 saturated heterocycles. The molecule has 0 aliphatic heterocycles. The Kier molecular flexibility index (Phi) is 8.30. The van der Waals surface area contributed by atoms with Crippen LogP contribution in [0.2, 0.25) is 0 Å². The Bertz CT molecular complexity index is 1290. The molecule has 0 saturated carbocycles. The van der Waals surface area contributed by atoms with Crippen LogP contribution in [0.1, 0.15) is 18.4 Å². The molecule has 1 aliphatic rings. The summed E-state index contributed by atoms with van der Waals surface area (Å²) in [6.45, 7) is -0.238. The van der Waals surface area contributed by atoms with Crippen LogP contribution in [0.4, 0.5) is 18.9 Å². The molecule has 2 aromatic carbocycles. The molecule has 3 rings (SSSR count). The predicted octanol–water partition coefficient (Wildman–Crippen LogP) is 2.35. The number of likely N-dealkylation sites (N-methyl/N-ethyl adjacent to an activating group) is 1. The van der Waals surface area contributed by atoms with Crippen LogP contribution in [0.25, 0.3) is 0 Å². The summed E-state index contributed by atoms with van der Waals surface area (Å²) in [5, 5.41) is 20.4. The highest BCUT2D eigenvalue weighted by Crippen LogP contribution is 2.37. The molecule has 37 heavy (non-hydrogen) atoms. The number of hydrogen-bond donors (Lipinski definition) is 2. The van der Waals surface area contributed by atoms with Crippen molar-refractivity contribution in [1.29, 1.82) is 0 Å². The molecular weight excluding hydrogens is 517 g/mol. The Balaban J connectivity index is 2.18. The van der Waals surface area contributed by atoms with Gasteiger partial charge in [-0.2, -0.15) is 21.6 Å². The van der Waals surface area contributed by atoms with Gasteiger partial charge in [0, 0.05) is 38.1 Å². The fraction of sp³-hybridized carbons (Fsp3) is 0.333. The molecule has 0 radical (unpaired) electrons. The first-order valence-electron chi connectivity index (χ1n) is 11.0. The van der Waals surface area contributed by atoms with Crippen LogP contribution in [0, 0.1) is 0 Å². The second-order valence-corrected chi connectivity index (χ2v) is 10.1. The number of hydrogen-bond acceptors (Lipinski definition) is 7. The number of anilines is 1. The monoisotopic (exact) mass is 542 g/mol. The van der Waals surface area contributed by atoms with E-state index in [9.17, 15) is 41.4 Å². The molecule has 0 fully saturated rings. The Morgan fingerprint density at radius 1 is 0.919 bits per heavy atom. The van der Waals surface area contributed by atoms with Crippen molar-refractivity contribution in [3.8, 4) is 5.75 Å². The predicted molar refractivity (Wildman–Crippen MR) is 127 cm³/mol. The van der Waals surface area contributed by atoms with Crippen molar-refractivity contribution >= 4 is 27.6 Å². The zero-order valence-electron chi connectivity index (χ0n) is 19.8. The maximum atomic E-state index is 13.9. The average molecular weight is 543 g/mol. The molecule has 0 unspecified atom stereocenters. The number of benzene rings is 2. The number of aliphatic hydroxyl groups is 2. The molecular formula is C24H25F3N2O7S. The van der Waals surface area contributed by atoms with E-state index in [0.29, 0.717) is 5.56 Å². The number of carbonyl (C=O) groups is 2. The van der Waals surface area contributed by atoms with Gasteiger partial charge in [-0.3, -0.25) is 9.59 Å². The normalized spacial score (nSPS) is 18.4. The third-order valence-corrected chi connectivity index (χ3v) is 6.59. The van der Waals surface area contributed by atoms with Gasteiger partial charge in [0.05, 0.1) is 24.4 Å². The average Bonchev–Trinajstić information content (AvgIpc) is 2.83. The van der Waals surface area contributed by atoms with Crippen LogP contribution in [0.3, 0.4) is 0 Å². The van der Waals surface area contributed by atoms with Crippen molar-refractivity contribution in [3.63, 3.8) is 0 Å². The van der Waals surface area contributed by atoms with E-state index in [4.69, 9.17) is 0 Å². The lowest BCUT2D eigenvalue weighted by Crippen LogP contribution is -2.41. The van der Waals surface area contributed by atoms with Crippen molar-refractivity contribution in [1.82, 2.24) is 4.90 Å². The van der Waals surface area contributed by atoms with Gasteiger partial charge in [0.25, 0.3) is 5.91 Å². The second kappa shape index (κ2) is 10.9. The minimum Gasteiger partial charge on any atom is -0.390 e. The summed E-state index contributed by atoms with van der Waals surface area (Å²) in [6.07, 6.45) is -3.44. The van der Waals surface area contributed by atoms with Crippen LogP contribution >= 0.6 is 0 Å². The summed E-state index contributed by atoms with van der Waals surface area (Å²) >= 11 is 0. The first-order valence-corrected chi connectivity index (χ1v) is 12.4. The fourth-order valence-corrected chi connectivity index (χ4v) is 4.22. The number of rotatable bonds is 7. The molecule has 0 heterocycles. The van der Waals surface area contributed by atoms with E-state index in [1.165, 1.54) is 37.2 Å². The van der Waals surface area contributed by atoms with Gasteiger partial charge >= 0.3 is 15.6 Å². The third-order valence-electron chi connectivity index (χ3n) is 5.63. The lowest BCUT2D eigenvalue weighted by molar-refractivity contribution is -0.126. The molecule has 9 nitrogen and oxygen atoms in total. The summed E-state index contributed by atoms with van der Waals surface area (Å²) in [5.74, 6) is -2.24. The smallest absolute Gasteiger partial charge is 0.390 e. The minimum atomic E-state index is -6.07. The Morgan fingerprint density at radius 2 is 1.43 bits per heavy atom. The molecule has 13 heteroatoms. The van der Waals surface area contributed by atoms with Gasteiger partial charge < -0.3 is 24.2 Å². The van der Waals surface area contributed by atoms with Gasteiger partial charge in [0.1, 0.15) is 0 Å². The number of carbonyl (C=O) groups excluding carboxylic acids is 2. The number of para-hydroxylation sites is 2. The number of amides is 2. The first-order chi connectivity index (χ1) is 17.2. The van der Waals surface area contributed by atoms with Gasteiger partial charge in [0.2, 0.25) is 5.91 Å². The van der Waals surface area contributed by atoms with Gasteiger partial charge in [-0.25, -0.2) is 0 Å². The Hall–Kier alpha value is -3.42. The van der Waals surface area contributed by atoms with Crippen molar-refractivity contribution in [3.05, 3.63) is 71.3 Å². The lowest BCUT2D eigenvalue weighted by atomic mass is 9.86. The third kappa shape index (κ3) is 6.29. The van der Waals surface area contributed by atoms with Crippen LogP contribution in [0.5, 0.6) is 5.75 Å². The standard InChI is InChI=1S/C24H25F3N2O7S/c1-28(2)22(32)16-12-19(30)20(31)13-17(16)23(33)29(14-15-8-4-3-5-9-15)18-10-6-7-11-21(18)36-37(34,35)24(25,26)27/h3-11,19-20,30-31H,12-14H2,1-2H3/t19-,20-/m1/s1. The van der Waals surface area contributed by atoms with Crippen LogP contribution in [-0.4, -0.2) is 67.2 Å². The van der Waals surface area contributed by atoms with E-state index >= 15 is 0 Å². The zero-order valence-corrected chi connectivity index (χ0v) is 20.7. The van der Waals surface area contributed by atoms with Gasteiger partial charge in [0.15, 0.2) is 5.75 Å². The van der Waals surface area contributed by atoms with Crippen molar-refractivity contribution in [2.24, 2.45) is 0 Å². The summed E-state index contributed by atoms with van der Waals surface area (Å²) in [5.41, 5.74) is -5.74. The van der Waals surface area contributed by atoms with E-state index in [0.717, 1.165) is 11.0 Å². The quantitative estimate of drug-likeness (QED) is 0.407. The first kappa shape index (κ1) is 28.2. The molecule has 2 N–H and O–H groups in total. The summed E-state index contributed by atoms with van der Waals surface area (Å²) in [4.78, 5) is 28.9. The highest BCUT2D eigenvalue weighted by molar-refractivity contribution is 7.88. The lowest BCUT2D eigenvalue weighted by Gasteiger charge is -2.32. The molecule has 2 atom stereocenters. The number of nitrogens with zero attached hydrogens (tertiary/aromatic N) is 2. The van der Waals surface area contributed by atoms with Crippen molar-refractivity contribution in [2.45, 2.75) is 37.1 Å². The number of alkyl halides is 3. The molecule has 200 valence electrons. The highest BCUT2D eigenvalue weighted by Gasteiger charge is 2.49. The molecule has 0 bridgehead atoms. The van der Waals surface area contributed by atoms with Gasteiger partial charge in [-0.1, -0.05) is 42.5 Å². The van der Waals surface area contributed by atoms with Gasteiger partial charge in [-0.05, 0) is 17.7 Å². The topological polar surface area (TPSA) is 124 Å². The van der Waals surface area contributed by atoms with E-state index < -0.39 is 51.8 Å².